The molecule has 6 nitrogen and oxygen atoms in total. The summed E-state index contributed by atoms with van der Waals surface area (Å²) in [6, 6.07) is 13.5. The van der Waals surface area contributed by atoms with Gasteiger partial charge in [0.1, 0.15) is 28.4 Å². The van der Waals surface area contributed by atoms with E-state index in [0.29, 0.717) is 11.4 Å². The normalized spacial score (nSPS) is 12.5. The van der Waals surface area contributed by atoms with Crippen LogP contribution in [0.4, 0.5) is 4.39 Å². The van der Waals surface area contributed by atoms with E-state index in [1.807, 2.05) is 36.6 Å². The van der Waals surface area contributed by atoms with Crippen molar-refractivity contribution in [2.75, 3.05) is 12.0 Å². The first kappa shape index (κ1) is 23.4. The monoisotopic (exact) mass is 480 g/mol. The molecule has 10 heteroatoms. The third-order valence-corrected chi connectivity index (χ3v) is 7.34. The van der Waals surface area contributed by atoms with Crippen LogP contribution in [-0.4, -0.2) is 37.4 Å². The maximum Gasteiger partial charge on any atom is 0.324 e. The summed E-state index contributed by atoms with van der Waals surface area (Å²) in [5, 5.41) is 2.58. The van der Waals surface area contributed by atoms with Gasteiger partial charge in [-0.15, -0.1) is 11.3 Å². The molecule has 3 aromatic rings. The van der Waals surface area contributed by atoms with E-state index in [1.165, 1.54) is 35.2 Å². The van der Waals surface area contributed by atoms with Gasteiger partial charge >= 0.3 is 5.97 Å². The SMILES string of the molecule is CSCC[C@H](NS(=O)(=O)c1ccccc1F)C(=O)OCc1csc(-c2ccccc2)n1. The van der Waals surface area contributed by atoms with Gasteiger partial charge < -0.3 is 4.74 Å². The van der Waals surface area contributed by atoms with Crippen molar-refractivity contribution in [2.24, 2.45) is 0 Å². The molecule has 0 aliphatic carbocycles. The highest BCUT2D eigenvalue weighted by Gasteiger charge is 2.28. The third kappa shape index (κ3) is 6.36. The van der Waals surface area contributed by atoms with Crippen LogP contribution in [0.25, 0.3) is 10.6 Å². The highest BCUT2D eigenvalue weighted by Crippen LogP contribution is 2.23. The smallest absolute Gasteiger partial charge is 0.324 e. The average molecular weight is 481 g/mol. The lowest BCUT2D eigenvalue weighted by atomic mass is 10.2. The molecule has 0 saturated heterocycles. The standard InChI is InChI=1S/C21H21FN2O4S3/c1-29-12-11-18(24-31(26,27)19-10-6-5-9-17(19)22)21(25)28-13-16-14-30-20(23-16)15-7-3-2-4-8-15/h2-10,14,18,24H,11-13H2,1H3/t18-/m0/s1. The van der Waals surface area contributed by atoms with Crippen molar-refractivity contribution in [2.45, 2.75) is 24.0 Å². The van der Waals surface area contributed by atoms with Gasteiger partial charge in [-0.25, -0.2) is 17.8 Å². The average Bonchev–Trinajstić information content (AvgIpc) is 3.25. The lowest BCUT2D eigenvalue weighted by Gasteiger charge is -2.17. The molecule has 3 rings (SSSR count). The molecule has 1 aromatic heterocycles. The Bertz CT molecular complexity index is 1120. The van der Waals surface area contributed by atoms with Crippen molar-refractivity contribution < 1.29 is 22.3 Å². The second kappa shape index (κ2) is 10.9. The summed E-state index contributed by atoms with van der Waals surface area (Å²) in [6.45, 7) is -0.0840. The summed E-state index contributed by atoms with van der Waals surface area (Å²) < 4.78 is 46.7. The quantitative estimate of drug-likeness (QED) is 0.440. The molecule has 0 bridgehead atoms. The maximum absolute atomic E-state index is 14.0. The minimum absolute atomic E-state index is 0.0840. The Labute approximate surface area is 188 Å². The van der Waals surface area contributed by atoms with Crippen LogP contribution in [0.15, 0.2) is 64.9 Å². The molecule has 0 unspecified atom stereocenters. The topological polar surface area (TPSA) is 85.4 Å². The summed E-state index contributed by atoms with van der Waals surface area (Å²) in [5.41, 5.74) is 1.53. The van der Waals surface area contributed by atoms with Crippen molar-refractivity contribution in [1.82, 2.24) is 9.71 Å². The van der Waals surface area contributed by atoms with Crippen LogP contribution in [-0.2, 0) is 26.2 Å². The minimum atomic E-state index is -4.23. The molecule has 0 aliphatic rings. The molecule has 1 N–H and O–H groups in total. The molecule has 0 amide bonds. The molecule has 0 saturated carbocycles. The Morgan fingerprint density at radius 3 is 2.61 bits per heavy atom. The number of thioether (sulfide) groups is 1. The number of ether oxygens (including phenoxy) is 1. The van der Waals surface area contributed by atoms with E-state index in [-0.39, 0.29) is 13.0 Å². The van der Waals surface area contributed by atoms with Crippen LogP contribution >= 0.6 is 23.1 Å². The number of halogens is 1. The Balaban J connectivity index is 1.67. The van der Waals surface area contributed by atoms with E-state index in [0.717, 1.165) is 22.7 Å². The molecule has 0 aliphatic heterocycles. The van der Waals surface area contributed by atoms with Crippen molar-refractivity contribution in [3.63, 3.8) is 0 Å². The molecule has 0 fully saturated rings. The van der Waals surface area contributed by atoms with Crippen LogP contribution in [0.3, 0.4) is 0 Å². The second-order valence-corrected chi connectivity index (χ2v) is 10.0. The first-order chi connectivity index (χ1) is 14.9. The zero-order valence-electron chi connectivity index (χ0n) is 16.7. The number of nitrogens with one attached hydrogen (secondary N) is 1. The first-order valence-electron chi connectivity index (χ1n) is 9.33. The number of hydrogen-bond acceptors (Lipinski definition) is 7. The van der Waals surface area contributed by atoms with Crippen LogP contribution in [0, 0.1) is 5.82 Å². The summed E-state index contributed by atoms with van der Waals surface area (Å²) in [4.78, 5) is 16.6. The lowest BCUT2D eigenvalue weighted by Crippen LogP contribution is -2.42. The van der Waals surface area contributed by atoms with E-state index in [4.69, 9.17) is 4.74 Å². The molecule has 1 atom stereocenters. The predicted molar refractivity (Wildman–Crippen MR) is 121 cm³/mol. The molecule has 164 valence electrons. The summed E-state index contributed by atoms with van der Waals surface area (Å²) in [7, 11) is -4.23. The fourth-order valence-electron chi connectivity index (χ4n) is 2.71. The van der Waals surface area contributed by atoms with Gasteiger partial charge in [0.05, 0.1) is 5.69 Å². The Morgan fingerprint density at radius 2 is 1.90 bits per heavy atom. The fourth-order valence-corrected chi connectivity index (χ4v) is 5.29. The third-order valence-electron chi connectivity index (χ3n) is 4.25. The second-order valence-electron chi connectivity index (χ2n) is 6.50. The van der Waals surface area contributed by atoms with Crippen molar-refractivity contribution in [1.29, 1.82) is 0 Å². The molecule has 1 heterocycles. The largest absolute Gasteiger partial charge is 0.458 e. The molecule has 2 aromatic carbocycles. The Kier molecular flexibility index (Phi) is 8.19. The van der Waals surface area contributed by atoms with Gasteiger partial charge in [-0.1, -0.05) is 42.5 Å². The van der Waals surface area contributed by atoms with Crippen LogP contribution in [0.2, 0.25) is 0 Å². The number of sulfonamides is 1. The molecular formula is C21H21FN2O4S3. The Hall–Kier alpha value is -2.27. The highest BCUT2D eigenvalue weighted by molar-refractivity contribution is 7.98. The van der Waals surface area contributed by atoms with Gasteiger partial charge in [0.15, 0.2) is 0 Å². The number of hydrogen-bond donors (Lipinski definition) is 1. The lowest BCUT2D eigenvalue weighted by molar-refractivity contribution is -0.147. The van der Waals surface area contributed by atoms with Gasteiger partial charge in [-0.05, 0) is 30.6 Å². The first-order valence-corrected chi connectivity index (χ1v) is 13.1. The van der Waals surface area contributed by atoms with Crippen LogP contribution < -0.4 is 4.72 Å². The predicted octanol–water partition coefficient (Wildman–Crippen LogP) is 4.09. The van der Waals surface area contributed by atoms with Gasteiger partial charge in [0.2, 0.25) is 10.0 Å². The van der Waals surface area contributed by atoms with Crippen molar-refractivity contribution in [3.05, 3.63) is 71.5 Å². The summed E-state index contributed by atoms with van der Waals surface area (Å²) >= 11 is 2.89. The number of nitrogens with zero attached hydrogens (tertiary/aromatic N) is 1. The van der Waals surface area contributed by atoms with Crippen molar-refractivity contribution >= 4 is 39.1 Å². The summed E-state index contributed by atoms with van der Waals surface area (Å²) in [5.74, 6) is -1.10. The minimum Gasteiger partial charge on any atom is -0.458 e. The number of esters is 1. The highest BCUT2D eigenvalue weighted by atomic mass is 32.2. The fraction of sp³-hybridized carbons (Fsp3) is 0.238. The number of aromatic nitrogens is 1. The zero-order chi connectivity index (χ0) is 22.3. The molecular weight excluding hydrogens is 459 g/mol. The van der Waals surface area contributed by atoms with E-state index in [2.05, 4.69) is 9.71 Å². The molecule has 31 heavy (non-hydrogen) atoms. The number of thiazole rings is 1. The van der Waals surface area contributed by atoms with E-state index >= 15 is 0 Å². The van der Waals surface area contributed by atoms with Gasteiger partial charge in [0, 0.05) is 10.9 Å². The maximum atomic E-state index is 14.0. The van der Waals surface area contributed by atoms with Gasteiger partial charge in [-0.3, -0.25) is 4.79 Å². The van der Waals surface area contributed by atoms with Crippen molar-refractivity contribution in [3.8, 4) is 10.6 Å². The van der Waals surface area contributed by atoms with Gasteiger partial charge in [-0.2, -0.15) is 16.5 Å². The van der Waals surface area contributed by atoms with E-state index < -0.39 is 32.7 Å². The van der Waals surface area contributed by atoms with E-state index in [1.54, 1.807) is 5.38 Å². The van der Waals surface area contributed by atoms with Crippen LogP contribution in [0.1, 0.15) is 12.1 Å². The summed E-state index contributed by atoms with van der Waals surface area (Å²) in [6.07, 6.45) is 2.05. The van der Waals surface area contributed by atoms with Gasteiger partial charge in [0.25, 0.3) is 0 Å². The Morgan fingerprint density at radius 1 is 1.19 bits per heavy atom. The van der Waals surface area contributed by atoms with Crippen LogP contribution in [0.5, 0.6) is 0 Å². The van der Waals surface area contributed by atoms with E-state index in [9.17, 15) is 17.6 Å². The number of carbonyl (C=O) groups is 1. The zero-order valence-corrected chi connectivity index (χ0v) is 19.1. The number of carbonyl (C=O) groups excluding carboxylic acids is 1. The molecule has 0 spiro atoms. The number of benzene rings is 2. The molecule has 0 radical (unpaired) electrons. The number of rotatable bonds is 10.